The molecule has 2 aromatic rings. The number of hydrogen-bond donors (Lipinski definition) is 1. The summed E-state index contributed by atoms with van der Waals surface area (Å²) in [5.74, 6) is 1.00. The first kappa shape index (κ1) is 18.6. The lowest BCUT2D eigenvalue weighted by Crippen LogP contribution is -2.29. The second-order valence-corrected chi connectivity index (χ2v) is 7.76. The van der Waals surface area contributed by atoms with E-state index in [0.717, 1.165) is 0 Å². The van der Waals surface area contributed by atoms with Gasteiger partial charge in [-0.2, -0.15) is 0 Å². The molecule has 2 aromatic carbocycles. The van der Waals surface area contributed by atoms with Gasteiger partial charge < -0.3 is 14.8 Å². The number of nitrogens with one attached hydrogen (secondary N) is 1. The maximum atomic E-state index is 12.9. The Bertz CT molecular complexity index is 830. The number of methoxy groups -OCH3 is 2. The van der Waals surface area contributed by atoms with Crippen molar-refractivity contribution in [1.29, 1.82) is 0 Å². The van der Waals surface area contributed by atoms with E-state index in [2.05, 4.69) is 50.4 Å². The number of hydrogen-bond acceptors (Lipinski definition) is 3. The molecular weight excluding hydrogens is 350 g/mol. The number of aryl methyl sites for hydroxylation is 1. The molecule has 1 saturated carbocycles. The molecule has 4 nitrogen and oxygen atoms in total. The monoisotopic (exact) mass is 373 g/mol. The van der Waals surface area contributed by atoms with Crippen molar-refractivity contribution in [1.82, 2.24) is 5.32 Å². The molecule has 0 heterocycles. The molecule has 1 fully saturated rings. The van der Waals surface area contributed by atoms with Crippen LogP contribution in [0.25, 0.3) is 0 Å². The molecule has 0 unspecified atom stereocenters. The van der Waals surface area contributed by atoms with Crippen LogP contribution in [-0.2, 0) is 0 Å². The first-order chi connectivity index (χ1) is 12.3. The van der Waals surface area contributed by atoms with E-state index >= 15 is 0 Å². The van der Waals surface area contributed by atoms with Gasteiger partial charge in [-0.25, -0.2) is 0 Å². The Morgan fingerprint density at radius 1 is 1.08 bits per heavy atom. The SMILES string of the molecule is COc1cc(OC)c(C(=O)N[C@@H]2[C@@H](c3ccc(C)cc3)C2(C)C)cc1Cl. The van der Waals surface area contributed by atoms with Gasteiger partial charge in [0.15, 0.2) is 0 Å². The summed E-state index contributed by atoms with van der Waals surface area (Å²) < 4.78 is 10.5. The molecule has 0 radical (unpaired) electrons. The highest BCUT2D eigenvalue weighted by Gasteiger charge is 2.59. The third kappa shape index (κ3) is 3.26. The van der Waals surface area contributed by atoms with E-state index in [4.69, 9.17) is 21.1 Å². The van der Waals surface area contributed by atoms with E-state index in [1.165, 1.54) is 25.3 Å². The van der Waals surface area contributed by atoms with Gasteiger partial charge >= 0.3 is 0 Å². The minimum atomic E-state index is -0.195. The Morgan fingerprint density at radius 3 is 2.27 bits per heavy atom. The van der Waals surface area contributed by atoms with Crippen molar-refractivity contribution < 1.29 is 14.3 Å². The highest BCUT2D eigenvalue weighted by atomic mass is 35.5. The van der Waals surface area contributed by atoms with Crippen LogP contribution < -0.4 is 14.8 Å². The minimum Gasteiger partial charge on any atom is -0.496 e. The highest BCUT2D eigenvalue weighted by molar-refractivity contribution is 6.32. The zero-order chi connectivity index (χ0) is 19.1. The molecule has 1 aliphatic carbocycles. The summed E-state index contributed by atoms with van der Waals surface area (Å²) in [5, 5.41) is 3.52. The van der Waals surface area contributed by atoms with Crippen LogP contribution in [0.3, 0.4) is 0 Å². The summed E-state index contributed by atoms with van der Waals surface area (Å²) in [6.45, 7) is 6.40. The average molecular weight is 374 g/mol. The molecule has 0 bridgehead atoms. The Kier molecular flexibility index (Phi) is 4.89. The van der Waals surface area contributed by atoms with Crippen LogP contribution in [-0.4, -0.2) is 26.2 Å². The van der Waals surface area contributed by atoms with Crippen LogP contribution in [0.4, 0.5) is 0 Å². The molecule has 1 aliphatic rings. The van der Waals surface area contributed by atoms with E-state index in [1.807, 2.05) is 0 Å². The van der Waals surface area contributed by atoms with Gasteiger partial charge in [-0.3, -0.25) is 4.79 Å². The summed E-state index contributed by atoms with van der Waals surface area (Å²) in [6.07, 6.45) is 0. The van der Waals surface area contributed by atoms with Gasteiger partial charge in [-0.1, -0.05) is 55.3 Å². The Labute approximate surface area is 159 Å². The van der Waals surface area contributed by atoms with Gasteiger partial charge in [-0.05, 0) is 24.0 Å². The van der Waals surface area contributed by atoms with Crippen LogP contribution in [0.15, 0.2) is 36.4 Å². The van der Waals surface area contributed by atoms with Gasteiger partial charge in [0, 0.05) is 18.0 Å². The smallest absolute Gasteiger partial charge is 0.255 e. The molecule has 0 aliphatic heterocycles. The molecule has 0 aromatic heterocycles. The van der Waals surface area contributed by atoms with Crippen LogP contribution >= 0.6 is 11.6 Å². The zero-order valence-corrected chi connectivity index (χ0v) is 16.5. The molecule has 0 saturated heterocycles. The fraction of sp³-hybridized carbons (Fsp3) is 0.381. The molecule has 2 atom stereocenters. The topological polar surface area (TPSA) is 47.6 Å². The number of amides is 1. The van der Waals surface area contributed by atoms with Crippen molar-refractivity contribution in [3.8, 4) is 11.5 Å². The van der Waals surface area contributed by atoms with Crippen molar-refractivity contribution in [2.45, 2.75) is 32.7 Å². The van der Waals surface area contributed by atoms with Gasteiger partial charge in [0.2, 0.25) is 0 Å². The highest BCUT2D eigenvalue weighted by Crippen LogP contribution is 2.58. The molecule has 138 valence electrons. The summed E-state index contributed by atoms with van der Waals surface area (Å²) >= 11 is 6.19. The molecule has 1 N–H and O–H groups in total. The minimum absolute atomic E-state index is 0.00554. The molecule has 0 spiro atoms. The van der Waals surface area contributed by atoms with Crippen LogP contribution in [0.1, 0.15) is 41.3 Å². The van der Waals surface area contributed by atoms with Crippen LogP contribution in [0.2, 0.25) is 5.02 Å². The lowest BCUT2D eigenvalue weighted by molar-refractivity contribution is 0.0943. The average Bonchev–Trinajstić information content (AvgIpc) is 3.15. The van der Waals surface area contributed by atoms with Crippen molar-refractivity contribution in [2.24, 2.45) is 5.41 Å². The molecule has 3 rings (SSSR count). The number of benzene rings is 2. The maximum Gasteiger partial charge on any atom is 0.255 e. The van der Waals surface area contributed by atoms with Crippen LogP contribution in [0.5, 0.6) is 11.5 Å². The zero-order valence-electron chi connectivity index (χ0n) is 15.7. The predicted molar refractivity (Wildman–Crippen MR) is 104 cm³/mol. The summed E-state index contributed by atoms with van der Waals surface area (Å²) in [6, 6.07) is 11.8. The number of rotatable bonds is 5. The number of carbonyl (C=O) groups is 1. The summed E-state index contributed by atoms with van der Waals surface area (Å²) in [4.78, 5) is 12.9. The predicted octanol–water partition coefficient (Wildman–Crippen LogP) is 4.59. The second kappa shape index (κ2) is 6.84. The number of halogens is 1. The third-order valence-electron chi connectivity index (χ3n) is 5.27. The fourth-order valence-corrected chi connectivity index (χ4v) is 3.80. The Morgan fingerprint density at radius 2 is 1.69 bits per heavy atom. The number of carbonyl (C=O) groups excluding carboxylic acids is 1. The second-order valence-electron chi connectivity index (χ2n) is 7.35. The number of ether oxygens (including phenoxy) is 2. The quantitative estimate of drug-likeness (QED) is 0.833. The molecule has 5 heteroatoms. The molecule has 26 heavy (non-hydrogen) atoms. The maximum absolute atomic E-state index is 12.9. The fourth-order valence-electron chi connectivity index (χ4n) is 3.56. The summed E-state index contributed by atoms with van der Waals surface area (Å²) in [7, 11) is 3.05. The van der Waals surface area contributed by atoms with Crippen LogP contribution in [0, 0.1) is 12.3 Å². The standard InChI is InChI=1S/C21H24ClNO3/c1-12-6-8-13(9-7-12)18-19(21(18,2)3)23-20(24)14-10-15(22)17(26-5)11-16(14)25-4/h6-11,18-19H,1-5H3,(H,23,24)/t18-,19-/m1/s1. The van der Waals surface area contributed by atoms with E-state index < -0.39 is 0 Å². The first-order valence-corrected chi connectivity index (χ1v) is 8.96. The van der Waals surface area contributed by atoms with E-state index in [-0.39, 0.29) is 23.3 Å². The Balaban J connectivity index is 1.82. The largest absolute Gasteiger partial charge is 0.496 e. The van der Waals surface area contributed by atoms with Crippen molar-refractivity contribution >= 4 is 17.5 Å². The van der Waals surface area contributed by atoms with Gasteiger partial charge in [0.1, 0.15) is 11.5 Å². The first-order valence-electron chi connectivity index (χ1n) is 8.58. The normalized spacial score (nSPS) is 20.4. The molecule has 1 amide bonds. The van der Waals surface area contributed by atoms with Gasteiger partial charge in [0.05, 0.1) is 24.8 Å². The van der Waals surface area contributed by atoms with E-state index in [9.17, 15) is 4.79 Å². The molecular formula is C21H24ClNO3. The van der Waals surface area contributed by atoms with Crippen molar-refractivity contribution in [2.75, 3.05) is 14.2 Å². The Hall–Kier alpha value is -2.20. The third-order valence-corrected chi connectivity index (χ3v) is 5.56. The van der Waals surface area contributed by atoms with E-state index in [0.29, 0.717) is 22.1 Å². The van der Waals surface area contributed by atoms with E-state index in [1.54, 1.807) is 12.1 Å². The summed E-state index contributed by atoms with van der Waals surface area (Å²) in [5.41, 5.74) is 2.87. The van der Waals surface area contributed by atoms with Gasteiger partial charge in [-0.15, -0.1) is 0 Å². The van der Waals surface area contributed by atoms with Crippen molar-refractivity contribution in [3.05, 3.63) is 58.1 Å². The lowest BCUT2D eigenvalue weighted by Gasteiger charge is -2.13. The lowest BCUT2D eigenvalue weighted by atomic mass is 10.0. The van der Waals surface area contributed by atoms with Crippen molar-refractivity contribution in [3.63, 3.8) is 0 Å². The van der Waals surface area contributed by atoms with Gasteiger partial charge in [0.25, 0.3) is 5.91 Å².